The van der Waals surface area contributed by atoms with Crippen molar-refractivity contribution in [3.63, 3.8) is 0 Å². The van der Waals surface area contributed by atoms with Crippen molar-refractivity contribution in [3.05, 3.63) is 34.9 Å². The van der Waals surface area contributed by atoms with Crippen LogP contribution in [-0.2, 0) is 27.4 Å². The molecule has 1 aromatic carbocycles. The molecule has 1 saturated carbocycles. The quantitative estimate of drug-likeness (QED) is 0.607. The third-order valence-corrected chi connectivity index (χ3v) is 6.60. The summed E-state index contributed by atoms with van der Waals surface area (Å²) in [6.07, 6.45) is 2.95. The zero-order valence-corrected chi connectivity index (χ0v) is 16.3. The van der Waals surface area contributed by atoms with Crippen molar-refractivity contribution in [1.82, 2.24) is 20.9 Å². The van der Waals surface area contributed by atoms with E-state index in [0.717, 1.165) is 43.7 Å². The minimum absolute atomic E-state index is 0.0128. The Kier molecular flexibility index (Phi) is 4.64. The zero-order valence-electron chi connectivity index (χ0n) is 16.3. The van der Waals surface area contributed by atoms with Crippen LogP contribution in [0, 0.1) is 0 Å². The second-order valence-corrected chi connectivity index (χ2v) is 8.42. The Morgan fingerprint density at radius 2 is 2.10 bits per heavy atom. The molecule has 2 unspecified atom stereocenters. The lowest BCUT2D eigenvalue weighted by Crippen LogP contribution is -2.53. The first-order chi connectivity index (χ1) is 14.1. The van der Waals surface area contributed by atoms with Crippen LogP contribution in [0.5, 0.6) is 0 Å². The van der Waals surface area contributed by atoms with Crippen molar-refractivity contribution in [2.24, 2.45) is 0 Å². The lowest BCUT2D eigenvalue weighted by molar-refractivity contribution is -0.136. The van der Waals surface area contributed by atoms with Gasteiger partial charge in [-0.25, -0.2) is 0 Å². The maximum Gasteiger partial charge on any atom is 0.255 e. The minimum Gasteiger partial charge on any atom is -0.374 e. The summed E-state index contributed by atoms with van der Waals surface area (Å²) in [4.78, 5) is 38.5. The van der Waals surface area contributed by atoms with E-state index in [1.165, 1.54) is 0 Å². The molecule has 3 N–H and O–H groups in total. The summed E-state index contributed by atoms with van der Waals surface area (Å²) in [5, 5.41) is 9.40. The van der Waals surface area contributed by atoms with Crippen molar-refractivity contribution in [2.75, 3.05) is 19.7 Å². The van der Waals surface area contributed by atoms with E-state index < -0.39 is 6.04 Å². The lowest BCUT2D eigenvalue weighted by Gasteiger charge is -2.32. The van der Waals surface area contributed by atoms with Crippen molar-refractivity contribution in [2.45, 2.75) is 56.5 Å². The predicted molar refractivity (Wildman–Crippen MR) is 104 cm³/mol. The number of carbonyl (C=O) groups is 3. The van der Waals surface area contributed by atoms with Crippen molar-refractivity contribution in [1.29, 1.82) is 0 Å². The van der Waals surface area contributed by atoms with Gasteiger partial charge in [-0.05, 0) is 30.4 Å². The number of hydrogen-bond acceptors (Lipinski definition) is 6. The van der Waals surface area contributed by atoms with Crippen LogP contribution in [0.25, 0.3) is 0 Å². The van der Waals surface area contributed by atoms with Crippen LogP contribution in [0.1, 0.15) is 47.2 Å². The molecule has 154 valence electrons. The predicted octanol–water partition coefficient (Wildman–Crippen LogP) is 0.0582. The number of imide groups is 1. The van der Waals surface area contributed by atoms with E-state index in [2.05, 4.69) is 16.0 Å². The molecule has 3 heterocycles. The summed E-state index contributed by atoms with van der Waals surface area (Å²) in [5.74, 6) is -0.761. The van der Waals surface area contributed by atoms with Gasteiger partial charge in [0.25, 0.3) is 5.91 Å². The minimum atomic E-state index is -0.579. The molecule has 2 saturated heterocycles. The fourth-order valence-corrected chi connectivity index (χ4v) is 4.78. The Labute approximate surface area is 169 Å². The number of hydrogen-bond donors (Lipinski definition) is 3. The van der Waals surface area contributed by atoms with Crippen LogP contribution < -0.4 is 16.0 Å². The molecule has 8 heteroatoms. The van der Waals surface area contributed by atoms with Crippen molar-refractivity contribution >= 4 is 17.7 Å². The van der Waals surface area contributed by atoms with Crippen LogP contribution in [0.2, 0.25) is 0 Å². The molecule has 29 heavy (non-hydrogen) atoms. The fraction of sp³-hybridized carbons (Fsp3) is 0.571. The van der Waals surface area contributed by atoms with Crippen molar-refractivity contribution < 1.29 is 19.1 Å². The molecule has 3 amide bonds. The summed E-state index contributed by atoms with van der Waals surface area (Å²) in [7, 11) is 0. The van der Waals surface area contributed by atoms with Gasteiger partial charge >= 0.3 is 0 Å². The van der Waals surface area contributed by atoms with Gasteiger partial charge in [0, 0.05) is 43.7 Å². The highest BCUT2D eigenvalue weighted by atomic mass is 16.5. The van der Waals surface area contributed by atoms with E-state index in [9.17, 15) is 14.4 Å². The molecule has 0 bridgehead atoms. The lowest BCUT2D eigenvalue weighted by atomic mass is 10.0. The summed E-state index contributed by atoms with van der Waals surface area (Å²) in [6.45, 7) is 3.48. The van der Waals surface area contributed by atoms with Crippen LogP contribution in [0.3, 0.4) is 0 Å². The van der Waals surface area contributed by atoms with Gasteiger partial charge in [0.1, 0.15) is 6.04 Å². The molecular weight excluding hydrogens is 372 g/mol. The third-order valence-electron chi connectivity index (χ3n) is 6.60. The number of ether oxygens (including phenoxy) is 1. The van der Waals surface area contributed by atoms with E-state index in [-0.39, 0.29) is 35.8 Å². The number of carbonyl (C=O) groups excluding carboxylic acids is 3. The number of rotatable bonds is 5. The van der Waals surface area contributed by atoms with E-state index in [1.54, 1.807) is 4.90 Å². The summed E-state index contributed by atoms with van der Waals surface area (Å²) < 4.78 is 5.95. The standard InChI is InChI=1S/C21H26N4O4/c26-17-5-4-15(19(27)24-17)25-12-14-3-1-2-13(18(14)20(25)28)10-23-21(6-7-21)16-11-22-8-9-29-16/h1-3,15-16,22-23H,4-12H2,(H,24,26,27). The summed E-state index contributed by atoms with van der Waals surface area (Å²) in [5.41, 5.74) is 2.58. The first-order valence-electron chi connectivity index (χ1n) is 10.4. The van der Waals surface area contributed by atoms with Crippen LogP contribution >= 0.6 is 0 Å². The molecular formula is C21H26N4O4. The van der Waals surface area contributed by atoms with Crippen LogP contribution in [0.4, 0.5) is 0 Å². The highest BCUT2D eigenvalue weighted by Gasteiger charge is 2.50. The summed E-state index contributed by atoms with van der Waals surface area (Å²) in [6, 6.07) is 5.32. The van der Waals surface area contributed by atoms with Crippen molar-refractivity contribution in [3.8, 4) is 0 Å². The Morgan fingerprint density at radius 1 is 1.24 bits per heavy atom. The number of amides is 3. The largest absolute Gasteiger partial charge is 0.374 e. The Hall–Kier alpha value is -2.29. The number of morpholine rings is 1. The Balaban J connectivity index is 1.31. The van der Waals surface area contributed by atoms with E-state index in [4.69, 9.17) is 4.74 Å². The van der Waals surface area contributed by atoms with Crippen LogP contribution in [0.15, 0.2) is 18.2 Å². The normalized spacial score (nSPS) is 28.3. The number of nitrogens with one attached hydrogen (secondary N) is 3. The highest BCUT2D eigenvalue weighted by molar-refractivity contribution is 6.05. The maximum absolute atomic E-state index is 13.2. The maximum atomic E-state index is 13.2. The monoisotopic (exact) mass is 398 g/mol. The first-order valence-corrected chi connectivity index (χ1v) is 10.4. The van der Waals surface area contributed by atoms with Crippen LogP contribution in [-0.4, -0.2) is 60.0 Å². The van der Waals surface area contributed by atoms with Gasteiger partial charge < -0.3 is 20.3 Å². The molecule has 8 nitrogen and oxygen atoms in total. The second kappa shape index (κ2) is 7.19. The summed E-state index contributed by atoms with van der Waals surface area (Å²) >= 11 is 0. The number of nitrogens with zero attached hydrogens (tertiary/aromatic N) is 1. The molecule has 1 aliphatic carbocycles. The van der Waals surface area contributed by atoms with E-state index in [1.807, 2.05) is 18.2 Å². The molecule has 0 spiro atoms. The average Bonchev–Trinajstić information content (AvgIpc) is 3.45. The smallest absolute Gasteiger partial charge is 0.255 e. The van der Waals surface area contributed by atoms with Gasteiger partial charge in [-0.3, -0.25) is 19.7 Å². The van der Waals surface area contributed by atoms with E-state index in [0.29, 0.717) is 25.1 Å². The molecule has 2 atom stereocenters. The molecule has 0 radical (unpaired) electrons. The molecule has 5 rings (SSSR count). The topological polar surface area (TPSA) is 99.8 Å². The number of benzene rings is 1. The van der Waals surface area contributed by atoms with Gasteiger partial charge in [0.15, 0.2) is 0 Å². The Bertz CT molecular complexity index is 860. The fourth-order valence-electron chi connectivity index (χ4n) is 4.78. The van der Waals surface area contributed by atoms with Gasteiger partial charge in [0.2, 0.25) is 11.8 Å². The van der Waals surface area contributed by atoms with E-state index >= 15 is 0 Å². The number of piperidine rings is 1. The average molecular weight is 398 g/mol. The van der Waals surface area contributed by atoms with Gasteiger partial charge in [-0.2, -0.15) is 0 Å². The second-order valence-electron chi connectivity index (χ2n) is 8.42. The first kappa shape index (κ1) is 18.7. The molecule has 3 aliphatic heterocycles. The molecule has 1 aromatic rings. The zero-order chi connectivity index (χ0) is 20.0. The molecule has 3 fully saturated rings. The van der Waals surface area contributed by atoms with Gasteiger partial charge in [-0.1, -0.05) is 18.2 Å². The highest BCUT2D eigenvalue weighted by Crippen LogP contribution is 2.41. The SMILES string of the molecule is O=C1CCC(N2Cc3cccc(CNC4(C5CNCCO5)CC4)c3C2=O)C(=O)N1. The van der Waals surface area contributed by atoms with Gasteiger partial charge in [0.05, 0.1) is 12.7 Å². The Morgan fingerprint density at radius 3 is 2.83 bits per heavy atom. The third kappa shape index (κ3) is 3.35. The molecule has 0 aromatic heterocycles. The number of fused-ring (bicyclic) bond motifs is 1. The molecule has 4 aliphatic rings. The van der Waals surface area contributed by atoms with Gasteiger partial charge in [-0.15, -0.1) is 0 Å².